The third-order valence-electron chi connectivity index (χ3n) is 2.87. The van der Waals surface area contributed by atoms with Crippen molar-refractivity contribution in [3.63, 3.8) is 0 Å². The summed E-state index contributed by atoms with van der Waals surface area (Å²) in [6.45, 7) is 9.55. The first-order valence-electron chi connectivity index (χ1n) is 6.16. The number of piperazine rings is 1. The van der Waals surface area contributed by atoms with E-state index in [4.69, 9.17) is 10.00 Å². The molecule has 4 nitrogen and oxygen atoms in total. The first-order valence-corrected chi connectivity index (χ1v) is 6.16. The van der Waals surface area contributed by atoms with Crippen LogP contribution in [0, 0.1) is 17.2 Å². The quantitative estimate of drug-likeness (QED) is 0.681. The summed E-state index contributed by atoms with van der Waals surface area (Å²) >= 11 is 0. The lowest BCUT2D eigenvalue weighted by atomic mass is 10.1. The third-order valence-corrected chi connectivity index (χ3v) is 2.87. The molecule has 16 heavy (non-hydrogen) atoms. The fourth-order valence-corrected chi connectivity index (χ4v) is 1.74. The number of hydrogen-bond acceptors (Lipinski definition) is 4. The van der Waals surface area contributed by atoms with Gasteiger partial charge >= 0.3 is 0 Å². The molecule has 0 bridgehead atoms. The van der Waals surface area contributed by atoms with Crippen molar-refractivity contribution in [2.75, 3.05) is 39.4 Å². The monoisotopic (exact) mass is 225 g/mol. The summed E-state index contributed by atoms with van der Waals surface area (Å²) in [6.07, 6.45) is 1.11. The molecule has 92 valence electrons. The van der Waals surface area contributed by atoms with E-state index in [1.54, 1.807) is 0 Å². The lowest BCUT2D eigenvalue weighted by molar-refractivity contribution is 0.0824. The molecule has 1 unspecified atom stereocenters. The van der Waals surface area contributed by atoms with E-state index in [0.29, 0.717) is 5.92 Å². The Morgan fingerprint density at radius 2 is 2.31 bits per heavy atom. The van der Waals surface area contributed by atoms with Crippen molar-refractivity contribution in [2.45, 2.75) is 26.3 Å². The molecule has 0 spiro atoms. The van der Waals surface area contributed by atoms with Crippen LogP contribution in [-0.4, -0.2) is 50.3 Å². The van der Waals surface area contributed by atoms with E-state index < -0.39 is 0 Å². The molecule has 0 aliphatic carbocycles. The molecule has 0 amide bonds. The maximum absolute atomic E-state index is 8.96. The van der Waals surface area contributed by atoms with Gasteiger partial charge in [0.2, 0.25) is 0 Å². The Bertz CT molecular complexity index is 225. The van der Waals surface area contributed by atoms with E-state index in [9.17, 15) is 0 Å². The molecule has 1 heterocycles. The van der Waals surface area contributed by atoms with Gasteiger partial charge in [-0.25, -0.2) is 0 Å². The van der Waals surface area contributed by atoms with Crippen LogP contribution in [0.5, 0.6) is 0 Å². The minimum atomic E-state index is 0.0162. The molecule has 1 fully saturated rings. The molecule has 0 aromatic carbocycles. The van der Waals surface area contributed by atoms with Gasteiger partial charge in [0.15, 0.2) is 0 Å². The summed E-state index contributed by atoms with van der Waals surface area (Å²) in [5, 5.41) is 12.2. The van der Waals surface area contributed by atoms with Gasteiger partial charge in [0.1, 0.15) is 6.04 Å². The van der Waals surface area contributed by atoms with E-state index in [1.807, 2.05) is 0 Å². The molecule has 1 rings (SSSR count). The highest BCUT2D eigenvalue weighted by Gasteiger charge is 2.20. The van der Waals surface area contributed by atoms with Crippen molar-refractivity contribution in [1.82, 2.24) is 10.2 Å². The first-order chi connectivity index (χ1) is 7.74. The van der Waals surface area contributed by atoms with Crippen LogP contribution in [0.4, 0.5) is 0 Å². The van der Waals surface area contributed by atoms with Crippen molar-refractivity contribution in [3.05, 3.63) is 0 Å². The van der Waals surface area contributed by atoms with Gasteiger partial charge in [0, 0.05) is 32.8 Å². The molecule has 1 saturated heterocycles. The molecule has 0 saturated carbocycles. The first kappa shape index (κ1) is 13.4. The summed E-state index contributed by atoms with van der Waals surface area (Å²) in [5.41, 5.74) is 0. The number of nitrogens with one attached hydrogen (secondary N) is 1. The summed E-state index contributed by atoms with van der Waals surface area (Å²) in [5.74, 6) is 0.700. The van der Waals surface area contributed by atoms with Crippen LogP contribution in [0.25, 0.3) is 0 Å². The second-order valence-electron chi connectivity index (χ2n) is 4.68. The zero-order chi connectivity index (χ0) is 11.8. The Hall–Kier alpha value is -0.630. The van der Waals surface area contributed by atoms with Crippen molar-refractivity contribution >= 4 is 0 Å². The van der Waals surface area contributed by atoms with Gasteiger partial charge in [-0.3, -0.25) is 4.90 Å². The Kier molecular flexibility index (Phi) is 6.39. The summed E-state index contributed by atoms with van der Waals surface area (Å²) in [4.78, 5) is 2.20. The fourth-order valence-electron chi connectivity index (χ4n) is 1.74. The minimum Gasteiger partial charge on any atom is -0.380 e. The van der Waals surface area contributed by atoms with Crippen LogP contribution >= 0.6 is 0 Å². The standard InChI is InChI=1S/C12H23N3O/c1-11(2)3-7-16-8-6-15-5-4-14-10-12(15)9-13/h11-12,14H,3-8,10H2,1-2H3. The van der Waals surface area contributed by atoms with Crippen LogP contribution < -0.4 is 5.32 Å². The maximum Gasteiger partial charge on any atom is 0.110 e. The van der Waals surface area contributed by atoms with Crippen molar-refractivity contribution in [1.29, 1.82) is 5.26 Å². The van der Waals surface area contributed by atoms with Crippen LogP contribution in [0.3, 0.4) is 0 Å². The highest BCUT2D eigenvalue weighted by Crippen LogP contribution is 2.02. The minimum absolute atomic E-state index is 0.0162. The van der Waals surface area contributed by atoms with Gasteiger partial charge in [-0.2, -0.15) is 5.26 Å². The van der Waals surface area contributed by atoms with Gasteiger partial charge in [0.05, 0.1) is 12.7 Å². The molecule has 1 aliphatic heterocycles. The zero-order valence-electron chi connectivity index (χ0n) is 10.4. The molecular weight excluding hydrogens is 202 g/mol. The molecule has 1 N–H and O–H groups in total. The SMILES string of the molecule is CC(C)CCOCCN1CCNCC1C#N. The summed E-state index contributed by atoms with van der Waals surface area (Å²) in [7, 11) is 0. The van der Waals surface area contributed by atoms with Gasteiger partial charge < -0.3 is 10.1 Å². The van der Waals surface area contributed by atoms with Crippen LogP contribution in [0.15, 0.2) is 0 Å². The van der Waals surface area contributed by atoms with Crippen LogP contribution in [0.1, 0.15) is 20.3 Å². The number of rotatable bonds is 6. The number of nitriles is 1. The van der Waals surface area contributed by atoms with E-state index in [0.717, 1.165) is 45.8 Å². The average Bonchev–Trinajstić information content (AvgIpc) is 2.29. The molecular formula is C12H23N3O. The maximum atomic E-state index is 8.96. The molecule has 1 aliphatic rings. The number of nitrogens with zero attached hydrogens (tertiary/aromatic N) is 2. The highest BCUT2D eigenvalue weighted by atomic mass is 16.5. The predicted octanol–water partition coefficient (Wildman–Crippen LogP) is 0.846. The van der Waals surface area contributed by atoms with Gasteiger partial charge in [-0.15, -0.1) is 0 Å². The Morgan fingerprint density at radius 1 is 1.50 bits per heavy atom. The lowest BCUT2D eigenvalue weighted by Gasteiger charge is -2.31. The Balaban J connectivity index is 2.09. The van der Waals surface area contributed by atoms with Crippen molar-refractivity contribution in [3.8, 4) is 6.07 Å². The van der Waals surface area contributed by atoms with E-state index >= 15 is 0 Å². The number of ether oxygens (including phenoxy) is 1. The van der Waals surface area contributed by atoms with E-state index in [-0.39, 0.29) is 6.04 Å². The van der Waals surface area contributed by atoms with Gasteiger partial charge in [-0.05, 0) is 12.3 Å². The Labute approximate surface area is 98.6 Å². The largest absolute Gasteiger partial charge is 0.380 e. The Morgan fingerprint density at radius 3 is 3.00 bits per heavy atom. The normalized spacial score (nSPS) is 22.2. The van der Waals surface area contributed by atoms with Crippen molar-refractivity contribution in [2.24, 2.45) is 5.92 Å². The number of hydrogen-bond donors (Lipinski definition) is 1. The van der Waals surface area contributed by atoms with Crippen LogP contribution in [0.2, 0.25) is 0 Å². The smallest absolute Gasteiger partial charge is 0.110 e. The highest BCUT2D eigenvalue weighted by molar-refractivity contribution is 4.95. The molecule has 1 atom stereocenters. The van der Waals surface area contributed by atoms with Gasteiger partial charge in [-0.1, -0.05) is 13.8 Å². The molecule has 0 aromatic heterocycles. The third kappa shape index (κ3) is 4.93. The molecule has 4 heteroatoms. The second kappa shape index (κ2) is 7.61. The summed E-state index contributed by atoms with van der Waals surface area (Å²) in [6, 6.07) is 2.34. The molecule has 0 radical (unpaired) electrons. The topological polar surface area (TPSA) is 48.3 Å². The van der Waals surface area contributed by atoms with Gasteiger partial charge in [0.25, 0.3) is 0 Å². The van der Waals surface area contributed by atoms with Crippen molar-refractivity contribution < 1.29 is 4.74 Å². The second-order valence-corrected chi connectivity index (χ2v) is 4.68. The summed E-state index contributed by atoms with van der Waals surface area (Å²) < 4.78 is 5.57. The lowest BCUT2D eigenvalue weighted by Crippen LogP contribution is -2.51. The van der Waals surface area contributed by atoms with Crippen LogP contribution in [-0.2, 0) is 4.74 Å². The predicted molar refractivity (Wildman–Crippen MR) is 64.1 cm³/mol. The van der Waals surface area contributed by atoms with E-state index in [1.165, 1.54) is 0 Å². The van der Waals surface area contributed by atoms with E-state index in [2.05, 4.69) is 30.1 Å². The average molecular weight is 225 g/mol. The zero-order valence-corrected chi connectivity index (χ0v) is 10.4. The molecule has 0 aromatic rings. The fraction of sp³-hybridized carbons (Fsp3) is 0.917.